The van der Waals surface area contributed by atoms with Crippen molar-refractivity contribution < 1.29 is 9.18 Å². The number of allylic oxidation sites excluding steroid dienone is 4. The van der Waals surface area contributed by atoms with Gasteiger partial charge in [-0.05, 0) is 50.5 Å². The Kier molecular flexibility index (Phi) is 10.7. The number of carbonyl (C=O) groups excluding carboxylic acids is 1. The smallest absolute Gasteiger partial charge is 0.318 e. The molecule has 9 heteroatoms. The number of carbonyl (C=O) groups is 1. The molecule has 0 atom stereocenters. The van der Waals surface area contributed by atoms with Gasteiger partial charge < -0.3 is 15.5 Å². The Bertz CT molecular complexity index is 1290. The van der Waals surface area contributed by atoms with Gasteiger partial charge in [0.05, 0.1) is 23.8 Å². The van der Waals surface area contributed by atoms with Gasteiger partial charge in [-0.25, -0.2) is 18.7 Å². The van der Waals surface area contributed by atoms with Crippen LogP contribution in [0.5, 0.6) is 0 Å². The van der Waals surface area contributed by atoms with Crippen molar-refractivity contribution >= 4 is 17.7 Å². The van der Waals surface area contributed by atoms with Gasteiger partial charge in [0, 0.05) is 44.3 Å². The molecule has 2 amide bonds. The number of benzene rings is 1. The maximum absolute atomic E-state index is 13.9. The molecule has 0 radical (unpaired) electrons. The van der Waals surface area contributed by atoms with Gasteiger partial charge >= 0.3 is 6.03 Å². The standard InChI is InChI=1S/C30H39FN6O2.C2H6/c1-3-8-25(4-2)37-28(38)26-20-36(16-15-27(26)34-29(37)32-23-9-6-5-7-10-23)30(39)33-24-18-35(19-24)17-21-11-13-22(31)14-12-21;1-2/h3-4,8,11-14,23-24H,5-7,9-10,15-20H2,1-2H3,(H,32,34)(H,33,39);1-2H3/b8-3-,25-4+;. The highest BCUT2D eigenvalue weighted by atomic mass is 19.1. The van der Waals surface area contributed by atoms with Crippen molar-refractivity contribution in [2.45, 2.75) is 91.4 Å². The van der Waals surface area contributed by atoms with E-state index in [1.54, 1.807) is 21.6 Å². The highest BCUT2D eigenvalue weighted by Crippen LogP contribution is 2.24. The Labute approximate surface area is 243 Å². The zero-order valence-electron chi connectivity index (χ0n) is 25.0. The van der Waals surface area contributed by atoms with Crippen LogP contribution >= 0.6 is 0 Å². The van der Waals surface area contributed by atoms with Crippen molar-refractivity contribution in [3.8, 4) is 0 Å². The first-order valence-corrected chi connectivity index (χ1v) is 15.2. The van der Waals surface area contributed by atoms with Crippen LogP contribution < -0.4 is 16.2 Å². The summed E-state index contributed by atoms with van der Waals surface area (Å²) in [7, 11) is 0. The number of rotatable bonds is 7. The lowest BCUT2D eigenvalue weighted by molar-refractivity contribution is 0.112. The Balaban J connectivity index is 0.00000189. The normalized spacial score (nSPS) is 18.4. The second-order valence-corrected chi connectivity index (χ2v) is 10.8. The van der Waals surface area contributed by atoms with Crippen LogP contribution in [0.25, 0.3) is 5.70 Å². The lowest BCUT2D eigenvalue weighted by Crippen LogP contribution is -2.61. The van der Waals surface area contributed by atoms with Gasteiger partial charge in [-0.3, -0.25) is 9.69 Å². The van der Waals surface area contributed by atoms with E-state index in [2.05, 4.69) is 15.5 Å². The Hall–Kier alpha value is -3.46. The van der Waals surface area contributed by atoms with Crippen LogP contribution in [0, 0.1) is 5.82 Å². The van der Waals surface area contributed by atoms with E-state index < -0.39 is 0 Å². The zero-order valence-corrected chi connectivity index (χ0v) is 25.0. The number of hydrogen-bond donors (Lipinski definition) is 2. The van der Waals surface area contributed by atoms with E-state index in [9.17, 15) is 14.0 Å². The molecule has 1 aliphatic carbocycles. The van der Waals surface area contributed by atoms with Crippen molar-refractivity contribution in [3.05, 3.63) is 75.5 Å². The lowest BCUT2D eigenvalue weighted by Gasteiger charge is -2.41. The molecule has 0 bridgehead atoms. The summed E-state index contributed by atoms with van der Waals surface area (Å²) in [6.07, 6.45) is 12.1. The summed E-state index contributed by atoms with van der Waals surface area (Å²) in [5, 5.41) is 6.69. The summed E-state index contributed by atoms with van der Waals surface area (Å²) >= 11 is 0. The molecule has 41 heavy (non-hydrogen) atoms. The molecule has 1 aromatic heterocycles. The number of aromatic nitrogens is 2. The number of likely N-dealkylation sites (tertiary alicyclic amines) is 1. The molecule has 2 aromatic rings. The monoisotopic (exact) mass is 564 g/mol. The van der Waals surface area contributed by atoms with Crippen molar-refractivity contribution in [1.82, 2.24) is 24.7 Å². The minimum Gasteiger partial charge on any atom is -0.353 e. The number of nitrogens with zero attached hydrogens (tertiary/aromatic N) is 4. The van der Waals surface area contributed by atoms with E-state index in [0.29, 0.717) is 30.5 Å². The van der Waals surface area contributed by atoms with E-state index in [1.165, 1.54) is 31.4 Å². The third kappa shape index (κ3) is 7.44. The van der Waals surface area contributed by atoms with Gasteiger partial charge in [-0.15, -0.1) is 0 Å². The van der Waals surface area contributed by atoms with Gasteiger partial charge in [-0.1, -0.05) is 57.4 Å². The molecular formula is C32H45FN6O2. The molecule has 0 spiro atoms. The van der Waals surface area contributed by atoms with Gasteiger partial charge in [0.1, 0.15) is 5.82 Å². The van der Waals surface area contributed by atoms with Gasteiger partial charge in [0.25, 0.3) is 5.56 Å². The fraction of sp³-hybridized carbons (Fsp3) is 0.531. The maximum Gasteiger partial charge on any atom is 0.318 e. The summed E-state index contributed by atoms with van der Waals surface area (Å²) in [6, 6.07) is 6.74. The van der Waals surface area contributed by atoms with Crippen LogP contribution in [0.1, 0.15) is 76.6 Å². The van der Waals surface area contributed by atoms with Crippen LogP contribution in [0.3, 0.4) is 0 Å². The molecule has 5 rings (SSSR count). The summed E-state index contributed by atoms with van der Waals surface area (Å²) in [6.45, 7) is 10.8. The molecule has 8 nitrogen and oxygen atoms in total. The highest BCUT2D eigenvalue weighted by Gasteiger charge is 2.32. The lowest BCUT2D eigenvalue weighted by atomic mass is 9.96. The van der Waals surface area contributed by atoms with Crippen molar-refractivity contribution in [3.63, 3.8) is 0 Å². The first kappa shape index (κ1) is 30.5. The first-order valence-electron chi connectivity index (χ1n) is 15.2. The minimum atomic E-state index is -0.238. The predicted molar refractivity (Wildman–Crippen MR) is 163 cm³/mol. The van der Waals surface area contributed by atoms with Crippen LogP contribution in [0.2, 0.25) is 0 Å². The maximum atomic E-state index is 13.9. The molecule has 0 unspecified atom stereocenters. The number of nitrogens with one attached hydrogen (secondary N) is 2. The fourth-order valence-corrected chi connectivity index (χ4v) is 5.79. The SMILES string of the molecule is C/C=C\C(=C/C)n1c(NC2CCCCC2)nc2c(c1=O)CN(C(=O)NC1CN(Cc3ccc(F)cc3)C1)CC2.CC. The third-order valence-corrected chi connectivity index (χ3v) is 7.95. The average Bonchev–Trinajstić information content (AvgIpc) is 2.98. The van der Waals surface area contributed by atoms with Crippen LogP contribution in [0.4, 0.5) is 15.1 Å². The molecule has 1 aromatic carbocycles. The number of fused-ring (bicyclic) bond motifs is 1. The van der Waals surface area contributed by atoms with E-state index in [-0.39, 0.29) is 30.0 Å². The Morgan fingerprint density at radius 3 is 2.44 bits per heavy atom. The van der Waals surface area contributed by atoms with Crippen molar-refractivity contribution in [2.24, 2.45) is 0 Å². The second-order valence-electron chi connectivity index (χ2n) is 10.8. The summed E-state index contributed by atoms with van der Waals surface area (Å²) in [5.41, 5.74) is 3.07. The van der Waals surface area contributed by atoms with Gasteiger partial charge in [0.15, 0.2) is 0 Å². The van der Waals surface area contributed by atoms with Crippen LogP contribution in [-0.2, 0) is 19.5 Å². The summed E-state index contributed by atoms with van der Waals surface area (Å²) < 4.78 is 14.8. The quantitative estimate of drug-likeness (QED) is 0.432. The number of halogens is 1. The van der Waals surface area contributed by atoms with Crippen molar-refractivity contribution in [1.29, 1.82) is 0 Å². The molecular weight excluding hydrogens is 519 g/mol. The number of urea groups is 1. The third-order valence-electron chi connectivity index (χ3n) is 7.95. The molecule has 222 valence electrons. The highest BCUT2D eigenvalue weighted by molar-refractivity contribution is 5.75. The van der Waals surface area contributed by atoms with Crippen molar-refractivity contribution in [2.75, 3.05) is 25.0 Å². The molecule has 1 saturated carbocycles. The van der Waals surface area contributed by atoms with Crippen LogP contribution in [0.15, 0.2) is 47.3 Å². The molecule has 2 N–H and O–H groups in total. The van der Waals surface area contributed by atoms with E-state index in [1.807, 2.05) is 45.9 Å². The Morgan fingerprint density at radius 1 is 1.07 bits per heavy atom. The second kappa shape index (κ2) is 14.4. The molecule has 3 heterocycles. The summed E-state index contributed by atoms with van der Waals surface area (Å²) in [5.74, 6) is 0.364. The largest absolute Gasteiger partial charge is 0.353 e. The number of amides is 2. The van der Waals surface area contributed by atoms with E-state index in [4.69, 9.17) is 4.98 Å². The van der Waals surface area contributed by atoms with Crippen LogP contribution in [-0.4, -0.2) is 57.1 Å². The molecule has 2 aliphatic heterocycles. The Morgan fingerprint density at radius 2 is 1.78 bits per heavy atom. The average molecular weight is 565 g/mol. The van der Waals surface area contributed by atoms with E-state index >= 15 is 0 Å². The summed E-state index contributed by atoms with van der Waals surface area (Å²) in [4.78, 5) is 35.9. The number of hydrogen-bond acceptors (Lipinski definition) is 5. The molecule has 1 saturated heterocycles. The number of anilines is 1. The van der Waals surface area contributed by atoms with Gasteiger partial charge in [0.2, 0.25) is 5.95 Å². The van der Waals surface area contributed by atoms with E-state index in [0.717, 1.165) is 49.4 Å². The topological polar surface area (TPSA) is 82.5 Å². The fourth-order valence-electron chi connectivity index (χ4n) is 5.79. The van der Waals surface area contributed by atoms with Gasteiger partial charge in [-0.2, -0.15) is 0 Å². The molecule has 2 fully saturated rings. The minimum absolute atomic E-state index is 0.0560. The predicted octanol–water partition coefficient (Wildman–Crippen LogP) is 5.54. The molecule has 3 aliphatic rings. The zero-order chi connectivity index (χ0) is 29.4. The first-order chi connectivity index (χ1) is 19.9.